The van der Waals surface area contributed by atoms with Gasteiger partial charge in [0.1, 0.15) is 5.82 Å². The molecule has 0 bridgehead atoms. The largest absolute Gasteiger partial charge is 0.416 e. The Morgan fingerprint density at radius 3 is 2.21 bits per heavy atom. The molecule has 0 nitrogen and oxygen atoms in total. The number of halogens is 4. The summed E-state index contributed by atoms with van der Waals surface area (Å²) < 4.78 is 52.2. The first-order valence-corrected chi connectivity index (χ1v) is 5.73. The predicted octanol–water partition coefficient (Wildman–Crippen LogP) is 5.13. The van der Waals surface area contributed by atoms with E-state index < -0.39 is 17.6 Å². The van der Waals surface area contributed by atoms with Crippen LogP contribution in [0.25, 0.3) is 11.1 Å². The number of benzene rings is 2. The maximum absolute atomic E-state index is 13.7. The summed E-state index contributed by atoms with van der Waals surface area (Å²) in [5, 5.41) is 0. The second-order valence-corrected chi connectivity index (χ2v) is 4.51. The van der Waals surface area contributed by atoms with Crippen molar-refractivity contribution in [3.8, 4) is 11.1 Å². The van der Waals surface area contributed by atoms with Crippen LogP contribution in [0.5, 0.6) is 0 Å². The molecule has 0 spiro atoms. The smallest absolute Gasteiger partial charge is 0.206 e. The summed E-state index contributed by atoms with van der Waals surface area (Å²) in [6.07, 6.45) is -4.43. The molecule has 0 unspecified atom stereocenters. The van der Waals surface area contributed by atoms with Crippen molar-refractivity contribution < 1.29 is 17.6 Å². The van der Waals surface area contributed by atoms with Crippen LogP contribution in [0.15, 0.2) is 36.4 Å². The molecular formula is C15H12F4. The molecule has 0 radical (unpaired) electrons. The van der Waals surface area contributed by atoms with Crippen molar-refractivity contribution >= 4 is 0 Å². The molecule has 0 fully saturated rings. The average molecular weight is 268 g/mol. The third kappa shape index (κ3) is 2.78. The molecule has 0 aliphatic carbocycles. The third-order valence-corrected chi connectivity index (χ3v) is 2.98. The fourth-order valence-corrected chi connectivity index (χ4v) is 1.96. The first kappa shape index (κ1) is 13.6. The molecule has 2 rings (SSSR count). The molecule has 0 heterocycles. The van der Waals surface area contributed by atoms with Crippen LogP contribution in [0.4, 0.5) is 17.6 Å². The molecule has 0 aliphatic rings. The monoisotopic (exact) mass is 268 g/mol. The lowest BCUT2D eigenvalue weighted by molar-refractivity contribution is -0.138. The van der Waals surface area contributed by atoms with Gasteiger partial charge in [0, 0.05) is 5.56 Å². The van der Waals surface area contributed by atoms with Gasteiger partial charge in [0.15, 0.2) is 0 Å². The Morgan fingerprint density at radius 1 is 0.895 bits per heavy atom. The fraction of sp³-hybridized carbons (Fsp3) is 0.200. The predicted molar refractivity (Wildman–Crippen MR) is 66.3 cm³/mol. The molecule has 19 heavy (non-hydrogen) atoms. The number of hydrogen-bond donors (Lipinski definition) is 0. The van der Waals surface area contributed by atoms with Gasteiger partial charge in [-0.25, -0.2) is 4.39 Å². The van der Waals surface area contributed by atoms with Crippen molar-refractivity contribution in [2.24, 2.45) is 0 Å². The van der Waals surface area contributed by atoms with E-state index in [1.165, 1.54) is 25.1 Å². The van der Waals surface area contributed by atoms with Gasteiger partial charge in [-0.3, -0.25) is 0 Å². The topological polar surface area (TPSA) is 0 Å². The first-order valence-electron chi connectivity index (χ1n) is 5.73. The summed E-state index contributed by atoms with van der Waals surface area (Å²) in [6, 6.07) is 8.24. The zero-order valence-corrected chi connectivity index (χ0v) is 10.5. The lowest BCUT2D eigenvalue weighted by Crippen LogP contribution is -2.07. The van der Waals surface area contributed by atoms with Gasteiger partial charge < -0.3 is 0 Å². The van der Waals surface area contributed by atoms with Crippen LogP contribution in [0.2, 0.25) is 0 Å². The normalized spacial score (nSPS) is 11.7. The number of hydrogen-bond acceptors (Lipinski definition) is 0. The van der Waals surface area contributed by atoms with Crippen LogP contribution in [-0.4, -0.2) is 0 Å². The van der Waals surface area contributed by atoms with E-state index in [1.807, 2.05) is 0 Å². The minimum Gasteiger partial charge on any atom is -0.206 e. The van der Waals surface area contributed by atoms with Gasteiger partial charge in [-0.15, -0.1) is 0 Å². The lowest BCUT2D eigenvalue weighted by atomic mass is 9.98. The molecule has 0 N–H and O–H groups in total. The van der Waals surface area contributed by atoms with Gasteiger partial charge in [0.2, 0.25) is 0 Å². The van der Waals surface area contributed by atoms with E-state index in [9.17, 15) is 17.6 Å². The van der Waals surface area contributed by atoms with Crippen LogP contribution in [0, 0.1) is 19.7 Å². The van der Waals surface area contributed by atoms with E-state index in [-0.39, 0.29) is 16.7 Å². The van der Waals surface area contributed by atoms with Crippen molar-refractivity contribution in [2.45, 2.75) is 20.0 Å². The van der Waals surface area contributed by atoms with Gasteiger partial charge in [-0.2, -0.15) is 13.2 Å². The van der Waals surface area contributed by atoms with Crippen LogP contribution in [-0.2, 0) is 6.18 Å². The zero-order chi connectivity index (χ0) is 14.2. The summed E-state index contributed by atoms with van der Waals surface area (Å²) in [6.45, 7) is 3.15. The van der Waals surface area contributed by atoms with Crippen molar-refractivity contribution in [2.75, 3.05) is 0 Å². The highest BCUT2D eigenvalue weighted by Crippen LogP contribution is 2.35. The minimum atomic E-state index is -4.43. The second-order valence-electron chi connectivity index (χ2n) is 4.51. The van der Waals surface area contributed by atoms with E-state index in [1.54, 1.807) is 19.1 Å². The molecule has 2 aromatic carbocycles. The maximum Gasteiger partial charge on any atom is 0.416 e. The highest BCUT2D eigenvalue weighted by Gasteiger charge is 2.32. The molecule has 0 aromatic heterocycles. The highest BCUT2D eigenvalue weighted by atomic mass is 19.4. The standard InChI is InChI=1S/C15H12F4/c1-9-3-6-14(16)12(7-9)11-5-4-10(2)13(8-11)15(17,18)19/h3-8H,1-2H3. The summed E-state index contributed by atoms with van der Waals surface area (Å²) in [4.78, 5) is 0. The van der Waals surface area contributed by atoms with Crippen LogP contribution in [0.1, 0.15) is 16.7 Å². The van der Waals surface area contributed by atoms with E-state index in [0.717, 1.165) is 11.6 Å². The molecule has 2 aromatic rings. The SMILES string of the molecule is Cc1ccc(F)c(-c2ccc(C)c(C(F)(F)F)c2)c1. The zero-order valence-electron chi connectivity index (χ0n) is 10.5. The highest BCUT2D eigenvalue weighted by molar-refractivity contribution is 5.66. The van der Waals surface area contributed by atoms with Crippen molar-refractivity contribution in [3.05, 3.63) is 58.9 Å². The van der Waals surface area contributed by atoms with Gasteiger partial charge in [0.05, 0.1) is 5.56 Å². The van der Waals surface area contributed by atoms with E-state index >= 15 is 0 Å². The Morgan fingerprint density at radius 2 is 1.58 bits per heavy atom. The average Bonchev–Trinajstić information content (AvgIpc) is 2.31. The number of rotatable bonds is 1. The van der Waals surface area contributed by atoms with Crippen LogP contribution >= 0.6 is 0 Å². The quantitative estimate of drug-likeness (QED) is 0.629. The maximum atomic E-state index is 13.7. The number of alkyl halides is 3. The van der Waals surface area contributed by atoms with Crippen molar-refractivity contribution in [1.82, 2.24) is 0 Å². The Balaban J connectivity index is 2.61. The molecule has 0 saturated heterocycles. The molecule has 0 saturated carbocycles. The Bertz CT molecular complexity index is 612. The fourth-order valence-electron chi connectivity index (χ4n) is 1.96. The van der Waals surface area contributed by atoms with Crippen molar-refractivity contribution in [1.29, 1.82) is 0 Å². The minimum absolute atomic E-state index is 0.129. The van der Waals surface area contributed by atoms with Gasteiger partial charge >= 0.3 is 6.18 Å². The van der Waals surface area contributed by atoms with E-state index in [2.05, 4.69) is 0 Å². The Hall–Kier alpha value is -1.84. The summed E-state index contributed by atoms with van der Waals surface area (Å²) in [5.41, 5.74) is 0.616. The summed E-state index contributed by atoms with van der Waals surface area (Å²) in [7, 11) is 0. The molecular weight excluding hydrogens is 256 g/mol. The molecule has 0 amide bonds. The van der Waals surface area contributed by atoms with Gasteiger partial charge in [0.25, 0.3) is 0 Å². The van der Waals surface area contributed by atoms with E-state index in [0.29, 0.717) is 0 Å². The molecule has 0 atom stereocenters. The molecule has 0 aliphatic heterocycles. The lowest BCUT2D eigenvalue weighted by Gasteiger charge is -2.13. The summed E-state index contributed by atoms with van der Waals surface area (Å²) >= 11 is 0. The Kier molecular flexibility index (Phi) is 3.35. The van der Waals surface area contributed by atoms with Gasteiger partial charge in [-0.05, 0) is 43.2 Å². The third-order valence-electron chi connectivity index (χ3n) is 2.98. The first-order chi connectivity index (χ1) is 8.79. The van der Waals surface area contributed by atoms with Crippen LogP contribution in [0.3, 0.4) is 0 Å². The Labute approximate surface area is 108 Å². The molecule has 100 valence electrons. The van der Waals surface area contributed by atoms with Crippen LogP contribution < -0.4 is 0 Å². The van der Waals surface area contributed by atoms with Gasteiger partial charge in [-0.1, -0.05) is 23.8 Å². The number of aryl methyl sites for hydroxylation is 2. The van der Waals surface area contributed by atoms with E-state index in [4.69, 9.17) is 0 Å². The molecule has 4 heteroatoms. The second kappa shape index (κ2) is 4.68. The van der Waals surface area contributed by atoms with Crippen molar-refractivity contribution in [3.63, 3.8) is 0 Å². The summed E-state index contributed by atoms with van der Waals surface area (Å²) in [5.74, 6) is -0.525.